The molecule has 0 bridgehead atoms. The molecule has 1 saturated heterocycles. The number of rotatable bonds is 8. The minimum absolute atomic E-state index is 0.0459. The average molecular weight is 308 g/mol. The van der Waals surface area contributed by atoms with Crippen LogP contribution in [0.25, 0.3) is 0 Å². The third-order valence-corrected chi connectivity index (χ3v) is 9.21. The van der Waals surface area contributed by atoms with Gasteiger partial charge in [-0.25, -0.2) is 0 Å². The van der Waals surface area contributed by atoms with Crippen LogP contribution in [-0.2, 0) is 20.0 Å². The van der Waals surface area contributed by atoms with Crippen LogP contribution in [0.3, 0.4) is 0 Å². The largest absolute Gasteiger partial charge is 0.391 e. The second-order valence-corrected chi connectivity index (χ2v) is 9.03. The molecule has 1 heterocycles. The summed E-state index contributed by atoms with van der Waals surface area (Å²) in [7, 11) is -2.53. The van der Waals surface area contributed by atoms with E-state index in [2.05, 4.69) is 52.0 Å². The molecule has 118 valence electrons. The van der Waals surface area contributed by atoms with E-state index in [0.717, 1.165) is 26.1 Å². The molecule has 0 amide bonds. The Kier molecular flexibility index (Phi) is 5.60. The smallest absolute Gasteiger partial charge is 0.383 e. The van der Waals surface area contributed by atoms with Gasteiger partial charge in [-0.15, -0.1) is 0 Å². The summed E-state index contributed by atoms with van der Waals surface area (Å²) in [6, 6.07) is 8.64. The van der Waals surface area contributed by atoms with Crippen molar-refractivity contribution in [2.45, 2.75) is 45.6 Å². The van der Waals surface area contributed by atoms with E-state index < -0.39 is 8.56 Å². The van der Waals surface area contributed by atoms with E-state index in [1.807, 2.05) is 0 Å². The van der Waals surface area contributed by atoms with Crippen LogP contribution in [-0.4, -0.2) is 35.0 Å². The maximum Gasteiger partial charge on any atom is 0.383 e. The minimum Gasteiger partial charge on any atom is -0.391 e. The minimum atomic E-state index is -2.53. The van der Waals surface area contributed by atoms with Gasteiger partial charge in [0.25, 0.3) is 0 Å². The summed E-state index contributed by atoms with van der Waals surface area (Å²) in [5.74, 6) is 0. The summed E-state index contributed by atoms with van der Waals surface area (Å²) < 4.78 is 18.5. The second kappa shape index (κ2) is 7.05. The molecular formula is C17H28O3Si. The van der Waals surface area contributed by atoms with Gasteiger partial charge < -0.3 is 13.6 Å². The van der Waals surface area contributed by atoms with Crippen molar-refractivity contribution in [2.24, 2.45) is 0 Å². The van der Waals surface area contributed by atoms with Crippen molar-refractivity contribution < 1.29 is 13.6 Å². The fourth-order valence-electron chi connectivity index (χ4n) is 3.32. The lowest BCUT2D eigenvalue weighted by atomic mass is 10.0. The number of hydrogen-bond donors (Lipinski definition) is 0. The van der Waals surface area contributed by atoms with Crippen molar-refractivity contribution in [3.63, 3.8) is 0 Å². The molecule has 21 heavy (non-hydrogen) atoms. The maximum absolute atomic E-state index is 6.43. The summed E-state index contributed by atoms with van der Waals surface area (Å²) >= 11 is 0. The lowest BCUT2D eigenvalue weighted by molar-refractivity contribution is -0.0495. The topological polar surface area (TPSA) is 27.7 Å². The van der Waals surface area contributed by atoms with Gasteiger partial charge in [0.15, 0.2) is 0 Å². The summed E-state index contributed by atoms with van der Waals surface area (Å²) in [4.78, 5) is 0. The van der Waals surface area contributed by atoms with Crippen LogP contribution in [0.1, 0.15) is 39.7 Å². The Morgan fingerprint density at radius 3 is 2.10 bits per heavy atom. The number of aryl methyl sites for hydroxylation is 1. The van der Waals surface area contributed by atoms with Crippen molar-refractivity contribution in [2.75, 3.05) is 26.4 Å². The third kappa shape index (κ3) is 2.70. The van der Waals surface area contributed by atoms with E-state index in [-0.39, 0.29) is 5.04 Å². The van der Waals surface area contributed by atoms with Gasteiger partial charge in [0.05, 0.1) is 18.3 Å². The van der Waals surface area contributed by atoms with E-state index in [1.165, 1.54) is 10.8 Å². The Morgan fingerprint density at radius 2 is 1.67 bits per heavy atom. The Morgan fingerprint density at radius 1 is 1.05 bits per heavy atom. The molecule has 1 aromatic rings. The van der Waals surface area contributed by atoms with E-state index in [1.54, 1.807) is 0 Å². The average Bonchev–Trinajstić information content (AvgIpc) is 2.47. The van der Waals surface area contributed by atoms with Crippen LogP contribution >= 0.6 is 0 Å². The van der Waals surface area contributed by atoms with Crippen LogP contribution in [0.5, 0.6) is 0 Å². The molecule has 0 aromatic heterocycles. The second-order valence-electron chi connectivity index (χ2n) is 5.62. The van der Waals surface area contributed by atoms with Crippen molar-refractivity contribution in [1.82, 2.24) is 0 Å². The van der Waals surface area contributed by atoms with Gasteiger partial charge in [-0.3, -0.25) is 0 Å². The summed E-state index contributed by atoms with van der Waals surface area (Å²) in [5, 5.41) is 1.35. The molecule has 0 spiro atoms. The van der Waals surface area contributed by atoms with Crippen LogP contribution in [0.15, 0.2) is 24.3 Å². The zero-order valence-corrected chi connectivity index (χ0v) is 14.8. The molecule has 2 rings (SSSR count). The lowest BCUT2D eigenvalue weighted by Crippen LogP contribution is -2.69. The third-order valence-electron chi connectivity index (χ3n) is 4.58. The number of hydrogen-bond acceptors (Lipinski definition) is 3. The predicted molar refractivity (Wildman–Crippen MR) is 88.3 cm³/mol. The van der Waals surface area contributed by atoms with E-state index in [9.17, 15) is 0 Å². The molecule has 1 aromatic carbocycles. The van der Waals surface area contributed by atoms with Gasteiger partial charge in [0, 0.05) is 13.2 Å². The quantitative estimate of drug-likeness (QED) is 0.691. The molecule has 0 atom stereocenters. The monoisotopic (exact) mass is 308 g/mol. The van der Waals surface area contributed by atoms with Gasteiger partial charge in [-0.1, -0.05) is 38.1 Å². The van der Waals surface area contributed by atoms with Crippen LogP contribution < -0.4 is 5.19 Å². The summed E-state index contributed by atoms with van der Waals surface area (Å²) in [6.45, 7) is 11.5. The fourth-order valence-corrected chi connectivity index (χ4v) is 7.76. The molecule has 0 saturated carbocycles. The summed E-state index contributed by atoms with van der Waals surface area (Å²) in [5.41, 5.74) is 1.35. The molecule has 0 aliphatic carbocycles. The van der Waals surface area contributed by atoms with Gasteiger partial charge in [0.2, 0.25) is 0 Å². The standard InChI is InChI=1S/C17H28O3Si/c1-5-15-11-9-10-12-16(15)21(19-7-3,20-8-4)17(6-2)13-18-14-17/h9-12H,5-8,13-14H2,1-4H3. The van der Waals surface area contributed by atoms with Crippen molar-refractivity contribution >= 4 is 13.7 Å². The van der Waals surface area contributed by atoms with Crippen LogP contribution in [0.2, 0.25) is 5.04 Å². The fraction of sp³-hybridized carbons (Fsp3) is 0.647. The van der Waals surface area contributed by atoms with Crippen molar-refractivity contribution in [3.05, 3.63) is 29.8 Å². The first-order valence-corrected chi connectivity index (χ1v) is 9.95. The highest BCUT2D eigenvalue weighted by molar-refractivity contribution is 6.84. The first-order valence-electron chi connectivity index (χ1n) is 8.13. The maximum atomic E-state index is 6.43. The normalized spacial score (nSPS) is 17.5. The zero-order valence-electron chi connectivity index (χ0n) is 13.8. The Balaban J connectivity index is 2.58. The Bertz CT molecular complexity index is 446. The highest BCUT2D eigenvalue weighted by atomic mass is 28.4. The Hall–Kier alpha value is -0.683. The molecule has 0 radical (unpaired) electrons. The number of benzene rings is 1. The predicted octanol–water partition coefficient (Wildman–Crippen LogP) is 3.15. The lowest BCUT2D eigenvalue weighted by Gasteiger charge is -2.52. The van der Waals surface area contributed by atoms with E-state index in [4.69, 9.17) is 13.6 Å². The van der Waals surface area contributed by atoms with Crippen molar-refractivity contribution in [3.8, 4) is 0 Å². The van der Waals surface area contributed by atoms with Crippen LogP contribution in [0.4, 0.5) is 0 Å². The highest BCUT2D eigenvalue weighted by Crippen LogP contribution is 2.49. The SMILES string of the molecule is CCO[Si](OCC)(c1ccccc1CC)C1(CC)COC1. The molecule has 0 N–H and O–H groups in total. The van der Waals surface area contributed by atoms with E-state index >= 15 is 0 Å². The van der Waals surface area contributed by atoms with E-state index in [0.29, 0.717) is 13.2 Å². The number of ether oxygens (including phenoxy) is 1. The summed E-state index contributed by atoms with van der Waals surface area (Å²) in [6.07, 6.45) is 2.04. The zero-order chi connectivity index (χ0) is 15.3. The molecule has 1 fully saturated rings. The van der Waals surface area contributed by atoms with Gasteiger partial charge in [-0.05, 0) is 37.4 Å². The molecule has 1 aliphatic rings. The van der Waals surface area contributed by atoms with Gasteiger partial charge in [-0.2, -0.15) is 0 Å². The molecular weight excluding hydrogens is 280 g/mol. The molecule has 0 unspecified atom stereocenters. The van der Waals surface area contributed by atoms with Crippen LogP contribution in [0, 0.1) is 0 Å². The molecule has 4 heteroatoms. The van der Waals surface area contributed by atoms with Gasteiger partial charge >= 0.3 is 8.56 Å². The first-order chi connectivity index (χ1) is 10.2. The van der Waals surface area contributed by atoms with Crippen molar-refractivity contribution in [1.29, 1.82) is 0 Å². The van der Waals surface area contributed by atoms with Gasteiger partial charge in [0.1, 0.15) is 0 Å². The first kappa shape index (κ1) is 16.7. The molecule has 3 nitrogen and oxygen atoms in total. The highest BCUT2D eigenvalue weighted by Gasteiger charge is 2.62. The Labute approximate surface area is 129 Å². The molecule has 1 aliphatic heterocycles.